The number of carbonyl (C=O) groups excluding carboxylic acids is 1. The fourth-order valence-corrected chi connectivity index (χ4v) is 6.76. The number of hydrogen-bond donors (Lipinski definition) is 3. The first-order valence-corrected chi connectivity index (χ1v) is 14.4. The maximum Gasteiger partial charge on any atom is 0.262 e. The number of aliphatic hydroxyl groups excluding tert-OH is 1. The fourth-order valence-electron chi connectivity index (χ4n) is 5.68. The van der Waals surface area contributed by atoms with E-state index in [0.717, 1.165) is 31.2 Å². The van der Waals surface area contributed by atoms with Crippen molar-refractivity contribution >= 4 is 21.6 Å². The zero-order valence-electron chi connectivity index (χ0n) is 20.9. The number of hydrogen-bond acceptors (Lipinski definition) is 7. The summed E-state index contributed by atoms with van der Waals surface area (Å²) in [5.41, 5.74) is 1.25. The van der Waals surface area contributed by atoms with Crippen molar-refractivity contribution in [3.05, 3.63) is 48.0 Å². The topological polar surface area (TPSA) is 123 Å². The Kier molecular flexibility index (Phi) is 7.60. The van der Waals surface area contributed by atoms with E-state index in [9.17, 15) is 18.3 Å². The number of ether oxygens (including phenoxy) is 3. The van der Waals surface area contributed by atoms with Gasteiger partial charge in [0.05, 0.1) is 31.1 Å². The van der Waals surface area contributed by atoms with Crippen molar-refractivity contribution in [2.45, 2.75) is 80.1 Å². The number of aliphatic hydroxyl groups is 1. The first-order chi connectivity index (χ1) is 17.9. The van der Waals surface area contributed by atoms with Crippen LogP contribution in [0.3, 0.4) is 0 Å². The normalized spacial score (nSPS) is 25.5. The number of anilines is 1. The molecule has 2 aromatic rings. The number of nitrogens with one attached hydrogen (secondary N) is 2. The van der Waals surface area contributed by atoms with E-state index in [0.29, 0.717) is 23.6 Å². The molecule has 200 valence electrons. The number of amides is 1. The van der Waals surface area contributed by atoms with Gasteiger partial charge in [-0.25, -0.2) is 8.42 Å². The number of sulfonamides is 1. The molecule has 2 fully saturated rings. The molecule has 2 heterocycles. The molecule has 9 nitrogen and oxygen atoms in total. The second-order valence-electron chi connectivity index (χ2n) is 10.0. The maximum absolute atomic E-state index is 13.0. The molecule has 1 saturated carbocycles. The highest BCUT2D eigenvalue weighted by Crippen LogP contribution is 2.47. The number of fused-ring (bicyclic) bond motifs is 3. The molecule has 37 heavy (non-hydrogen) atoms. The highest BCUT2D eigenvalue weighted by molar-refractivity contribution is 7.92. The molecule has 0 unspecified atom stereocenters. The Balaban J connectivity index is 1.31. The molecule has 2 aromatic carbocycles. The predicted octanol–water partition coefficient (Wildman–Crippen LogP) is 3.33. The molecule has 0 spiro atoms. The van der Waals surface area contributed by atoms with E-state index in [1.165, 1.54) is 25.7 Å². The minimum absolute atomic E-state index is 0.0361. The second-order valence-corrected chi connectivity index (χ2v) is 11.7. The van der Waals surface area contributed by atoms with Crippen LogP contribution in [0.2, 0.25) is 0 Å². The van der Waals surface area contributed by atoms with E-state index in [4.69, 9.17) is 14.2 Å². The molecule has 1 amide bonds. The number of benzene rings is 2. The Hall–Kier alpha value is -2.82. The van der Waals surface area contributed by atoms with Crippen LogP contribution in [0.15, 0.2) is 47.4 Å². The lowest BCUT2D eigenvalue weighted by Gasteiger charge is -2.37. The van der Waals surface area contributed by atoms with Crippen molar-refractivity contribution in [3.8, 4) is 11.5 Å². The molecule has 10 heteroatoms. The third-order valence-corrected chi connectivity index (χ3v) is 8.87. The first-order valence-electron chi connectivity index (χ1n) is 12.9. The molecule has 0 aromatic heterocycles. The SMILES string of the molecule is COc1cccc(S(=O)(=O)Nc2ccc3c(c2)[C@H]2C[C@H](CC(=O)NC4CCCCC4)O[C@@H](CO)[C@H]2O3)c1. The van der Waals surface area contributed by atoms with Crippen molar-refractivity contribution < 1.29 is 32.5 Å². The summed E-state index contributed by atoms with van der Waals surface area (Å²) < 4.78 is 46.0. The quantitative estimate of drug-likeness (QED) is 0.478. The summed E-state index contributed by atoms with van der Waals surface area (Å²) in [4.78, 5) is 12.8. The van der Waals surface area contributed by atoms with Crippen molar-refractivity contribution in [2.24, 2.45) is 0 Å². The molecule has 0 radical (unpaired) electrons. The van der Waals surface area contributed by atoms with Crippen LogP contribution in [0.1, 0.15) is 56.4 Å². The smallest absolute Gasteiger partial charge is 0.262 e. The van der Waals surface area contributed by atoms with Crippen LogP contribution in [0, 0.1) is 0 Å². The Morgan fingerprint density at radius 1 is 1.14 bits per heavy atom. The van der Waals surface area contributed by atoms with Crippen LogP contribution in [0.5, 0.6) is 11.5 Å². The van der Waals surface area contributed by atoms with Gasteiger partial charge in [0.25, 0.3) is 10.0 Å². The summed E-state index contributed by atoms with van der Waals surface area (Å²) in [5.74, 6) is 0.915. The molecule has 3 N–H and O–H groups in total. The maximum atomic E-state index is 13.0. The van der Waals surface area contributed by atoms with Crippen molar-refractivity contribution in [1.29, 1.82) is 0 Å². The van der Waals surface area contributed by atoms with Crippen LogP contribution < -0.4 is 19.5 Å². The van der Waals surface area contributed by atoms with Gasteiger partial charge in [0.2, 0.25) is 5.91 Å². The van der Waals surface area contributed by atoms with Crippen molar-refractivity contribution in [1.82, 2.24) is 5.32 Å². The number of methoxy groups -OCH3 is 1. The Morgan fingerprint density at radius 3 is 2.70 bits per heavy atom. The third-order valence-electron chi connectivity index (χ3n) is 7.49. The molecule has 2 aliphatic heterocycles. The monoisotopic (exact) mass is 530 g/mol. The molecule has 0 bridgehead atoms. The molecule has 1 aliphatic carbocycles. The first kappa shape index (κ1) is 25.8. The zero-order chi connectivity index (χ0) is 26.0. The van der Waals surface area contributed by atoms with Gasteiger partial charge in [-0.3, -0.25) is 9.52 Å². The minimum atomic E-state index is -3.84. The lowest BCUT2D eigenvalue weighted by molar-refractivity contribution is -0.142. The van der Waals surface area contributed by atoms with Gasteiger partial charge < -0.3 is 24.6 Å². The van der Waals surface area contributed by atoms with Gasteiger partial charge in [0.15, 0.2) is 0 Å². The van der Waals surface area contributed by atoms with Gasteiger partial charge in [0, 0.05) is 29.3 Å². The van der Waals surface area contributed by atoms with Crippen LogP contribution in [-0.4, -0.2) is 57.5 Å². The zero-order valence-corrected chi connectivity index (χ0v) is 21.7. The van der Waals surface area contributed by atoms with Gasteiger partial charge in [0.1, 0.15) is 23.7 Å². The van der Waals surface area contributed by atoms with E-state index in [2.05, 4.69) is 10.0 Å². The Bertz CT molecular complexity index is 1230. The molecule has 3 aliphatic rings. The Morgan fingerprint density at radius 2 is 1.95 bits per heavy atom. The van der Waals surface area contributed by atoms with E-state index in [1.54, 1.807) is 30.3 Å². The molecular weight excluding hydrogens is 496 g/mol. The third kappa shape index (κ3) is 5.71. The second kappa shape index (κ2) is 10.9. The standard InChI is InChI=1S/C27H34N2O7S/c1-34-19-8-5-9-21(13-19)37(32,33)29-18-10-11-24-22(12-18)23-14-20(35-25(16-30)27(23)36-24)15-26(31)28-17-6-3-2-4-7-17/h5,8-13,17,20,23,25,27,29-30H,2-4,6-7,14-16H2,1H3,(H,28,31)/t20-,23-,25+,27+/m1/s1. The summed E-state index contributed by atoms with van der Waals surface area (Å²) in [6, 6.07) is 11.6. The molecular formula is C27H34N2O7S. The van der Waals surface area contributed by atoms with E-state index < -0.39 is 22.2 Å². The predicted molar refractivity (Wildman–Crippen MR) is 137 cm³/mol. The Labute approximate surface area is 217 Å². The number of carbonyl (C=O) groups is 1. The van der Waals surface area contributed by atoms with Crippen LogP contribution in [-0.2, 0) is 19.6 Å². The van der Waals surface area contributed by atoms with Gasteiger partial charge in [-0.2, -0.15) is 0 Å². The highest BCUT2D eigenvalue weighted by Gasteiger charge is 2.46. The largest absolute Gasteiger partial charge is 0.497 e. The van der Waals surface area contributed by atoms with E-state index in [1.807, 2.05) is 0 Å². The van der Waals surface area contributed by atoms with Crippen LogP contribution in [0.4, 0.5) is 5.69 Å². The molecule has 5 rings (SSSR count). The summed E-state index contributed by atoms with van der Waals surface area (Å²) in [5, 5.41) is 13.1. The van der Waals surface area contributed by atoms with Gasteiger partial charge >= 0.3 is 0 Å². The molecule has 4 atom stereocenters. The van der Waals surface area contributed by atoms with Gasteiger partial charge in [-0.05, 0) is 49.6 Å². The summed E-state index contributed by atoms with van der Waals surface area (Å²) >= 11 is 0. The average Bonchev–Trinajstić information content (AvgIpc) is 3.26. The van der Waals surface area contributed by atoms with Gasteiger partial charge in [-0.15, -0.1) is 0 Å². The summed E-state index contributed by atoms with van der Waals surface area (Å²) in [7, 11) is -2.35. The van der Waals surface area contributed by atoms with E-state index in [-0.39, 0.29) is 41.9 Å². The fraction of sp³-hybridized carbons (Fsp3) is 0.519. The lowest BCUT2D eigenvalue weighted by Crippen LogP contribution is -2.48. The van der Waals surface area contributed by atoms with Crippen molar-refractivity contribution in [2.75, 3.05) is 18.4 Å². The summed E-state index contributed by atoms with van der Waals surface area (Å²) in [6.45, 7) is -0.231. The van der Waals surface area contributed by atoms with Crippen LogP contribution in [0.25, 0.3) is 0 Å². The van der Waals surface area contributed by atoms with Gasteiger partial charge in [-0.1, -0.05) is 25.3 Å². The summed E-state index contributed by atoms with van der Waals surface area (Å²) in [6.07, 6.45) is 4.93. The highest BCUT2D eigenvalue weighted by atomic mass is 32.2. The van der Waals surface area contributed by atoms with Crippen LogP contribution >= 0.6 is 0 Å². The average molecular weight is 531 g/mol. The van der Waals surface area contributed by atoms with E-state index >= 15 is 0 Å². The lowest BCUT2D eigenvalue weighted by atomic mass is 9.84. The van der Waals surface area contributed by atoms with Crippen molar-refractivity contribution in [3.63, 3.8) is 0 Å². The number of rotatable bonds is 8. The minimum Gasteiger partial charge on any atom is -0.497 e. The molecule has 1 saturated heterocycles.